The summed E-state index contributed by atoms with van der Waals surface area (Å²) >= 11 is 4.31. The quantitative estimate of drug-likeness (QED) is 0.808. The Kier molecular flexibility index (Phi) is 5.56. The summed E-state index contributed by atoms with van der Waals surface area (Å²) in [4.78, 5) is 27.1. The molecule has 0 saturated carbocycles. The number of thiol groups is 1. The van der Waals surface area contributed by atoms with E-state index >= 15 is 0 Å². The van der Waals surface area contributed by atoms with Gasteiger partial charge < -0.3 is 10.2 Å². The zero-order chi connectivity index (χ0) is 18.7. The SMILES string of the molecule is O=C(NC1CCN(C(=O)c2ccccc2S)CC1)c1ccc(F)cc1F. The van der Waals surface area contributed by atoms with E-state index in [-0.39, 0.29) is 17.5 Å². The summed E-state index contributed by atoms with van der Waals surface area (Å²) in [6.45, 7) is 0.968. The average Bonchev–Trinajstić information content (AvgIpc) is 2.62. The van der Waals surface area contributed by atoms with Crippen LogP contribution in [0.1, 0.15) is 33.6 Å². The van der Waals surface area contributed by atoms with Crippen molar-refractivity contribution in [3.05, 3.63) is 65.2 Å². The van der Waals surface area contributed by atoms with E-state index in [0.717, 1.165) is 12.1 Å². The second-order valence-corrected chi connectivity index (χ2v) is 6.66. The van der Waals surface area contributed by atoms with Crippen LogP contribution < -0.4 is 5.32 Å². The lowest BCUT2D eigenvalue weighted by Gasteiger charge is -2.32. The van der Waals surface area contributed by atoms with Crippen LogP contribution in [-0.2, 0) is 0 Å². The van der Waals surface area contributed by atoms with Gasteiger partial charge in [-0.2, -0.15) is 0 Å². The molecule has 1 N–H and O–H groups in total. The lowest BCUT2D eigenvalue weighted by Crippen LogP contribution is -2.46. The molecule has 0 atom stereocenters. The fraction of sp³-hybridized carbons (Fsp3) is 0.263. The first-order valence-corrected chi connectivity index (χ1v) is 8.73. The third-order valence-electron chi connectivity index (χ3n) is 4.43. The van der Waals surface area contributed by atoms with Crippen molar-refractivity contribution in [2.24, 2.45) is 0 Å². The molecule has 1 saturated heterocycles. The summed E-state index contributed by atoms with van der Waals surface area (Å²) in [5, 5.41) is 2.75. The van der Waals surface area contributed by atoms with Crippen molar-refractivity contribution >= 4 is 24.4 Å². The number of hydrogen-bond donors (Lipinski definition) is 2. The number of rotatable bonds is 3. The van der Waals surface area contributed by atoms with Gasteiger partial charge in [-0.25, -0.2) is 8.78 Å². The summed E-state index contributed by atoms with van der Waals surface area (Å²) in [6.07, 6.45) is 1.13. The molecule has 2 aromatic rings. The second kappa shape index (κ2) is 7.86. The molecule has 1 aliphatic rings. The maximum atomic E-state index is 13.7. The fourth-order valence-corrected chi connectivity index (χ4v) is 3.24. The Hall–Kier alpha value is -2.41. The van der Waals surface area contributed by atoms with Crippen LogP contribution in [0.3, 0.4) is 0 Å². The van der Waals surface area contributed by atoms with Crippen LogP contribution in [0.5, 0.6) is 0 Å². The van der Waals surface area contributed by atoms with Gasteiger partial charge in [0.15, 0.2) is 0 Å². The van der Waals surface area contributed by atoms with Crippen molar-refractivity contribution < 1.29 is 18.4 Å². The highest BCUT2D eigenvalue weighted by molar-refractivity contribution is 7.80. The third-order valence-corrected chi connectivity index (χ3v) is 4.82. The molecule has 0 radical (unpaired) electrons. The highest BCUT2D eigenvalue weighted by atomic mass is 32.1. The van der Waals surface area contributed by atoms with E-state index in [1.165, 1.54) is 0 Å². The van der Waals surface area contributed by atoms with Gasteiger partial charge in [-0.15, -0.1) is 12.6 Å². The van der Waals surface area contributed by atoms with Gasteiger partial charge in [-0.1, -0.05) is 12.1 Å². The summed E-state index contributed by atoms with van der Waals surface area (Å²) in [7, 11) is 0. The van der Waals surface area contributed by atoms with Crippen LogP contribution in [0.15, 0.2) is 47.4 Å². The second-order valence-electron chi connectivity index (χ2n) is 6.18. The van der Waals surface area contributed by atoms with Gasteiger partial charge in [0.2, 0.25) is 0 Å². The average molecular weight is 376 g/mol. The Morgan fingerprint density at radius 2 is 1.73 bits per heavy atom. The number of amides is 2. The molecule has 0 bridgehead atoms. The number of piperidine rings is 1. The fourth-order valence-electron chi connectivity index (χ4n) is 2.99. The van der Waals surface area contributed by atoms with Gasteiger partial charge in [-0.05, 0) is 37.1 Å². The standard InChI is InChI=1S/C19H18F2N2O2S/c20-12-5-6-14(16(21)11-12)18(24)22-13-7-9-23(10-8-13)19(25)15-3-1-2-4-17(15)26/h1-6,11,13,26H,7-10H2,(H,22,24). The lowest BCUT2D eigenvalue weighted by atomic mass is 10.0. The van der Waals surface area contributed by atoms with E-state index in [1.807, 2.05) is 6.07 Å². The highest BCUT2D eigenvalue weighted by Gasteiger charge is 2.26. The van der Waals surface area contributed by atoms with Crippen molar-refractivity contribution in [1.29, 1.82) is 0 Å². The topological polar surface area (TPSA) is 49.4 Å². The first-order chi connectivity index (χ1) is 12.5. The minimum Gasteiger partial charge on any atom is -0.349 e. The van der Waals surface area contributed by atoms with Crippen molar-refractivity contribution in [2.45, 2.75) is 23.8 Å². The van der Waals surface area contributed by atoms with E-state index in [4.69, 9.17) is 0 Å². The van der Waals surface area contributed by atoms with E-state index < -0.39 is 17.5 Å². The molecule has 2 amide bonds. The maximum Gasteiger partial charge on any atom is 0.254 e. The van der Waals surface area contributed by atoms with Crippen LogP contribution in [0, 0.1) is 11.6 Å². The largest absolute Gasteiger partial charge is 0.349 e. The number of halogens is 2. The molecule has 7 heteroatoms. The maximum absolute atomic E-state index is 13.7. The van der Waals surface area contributed by atoms with E-state index in [0.29, 0.717) is 42.5 Å². The first kappa shape index (κ1) is 18.4. The Morgan fingerprint density at radius 1 is 1.04 bits per heavy atom. The van der Waals surface area contributed by atoms with Gasteiger partial charge >= 0.3 is 0 Å². The van der Waals surface area contributed by atoms with Crippen LogP contribution >= 0.6 is 12.6 Å². The van der Waals surface area contributed by atoms with Gasteiger partial charge in [0.1, 0.15) is 11.6 Å². The summed E-state index contributed by atoms with van der Waals surface area (Å²) in [5.41, 5.74) is 0.362. The summed E-state index contributed by atoms with van der Waals surface area (Å²) in [6, 6.07) is 9.80. The number of carbonyl (C=O) groups excluding carboxylic acids is 2. The van der Waals surface area contributed by atoms with E-state index in [9.17, 15) is 18.4 Å². The molecule has 3 rings (SSSR count). The highest BCUT2D eigenvalue weighted by Crippen LogP contribution is 2.19. The van der Waals surface area contributed by atoms with Crippen molar-refractivity contribution in [3.63, 3.8) is 0 Å². The Morgan fingerprint density at radius 3 is 2.38 bits per heavy atom. The predicted octanol–water partition coefficient (Wildman–Crippen LogP) is 3.29. The molecular formula is C19H18F2N2O2S. The normalized spacial score (nSPS) is 15.0. The van der Waals surface area contributed by atoms with Crippen molar-refractivity contribution in [2.75, 3.05) is 13.1 Å². The van der Waals surface area contributed by atoms with Gasteiger partial charge in [-0.3, -0.25) is 9.59 Å². The van der Waals surface area contributed by atoms with Gasteiger partial charge in [0.25, 0.3) is 11.8 Å². The van der Waals surface area contributed by atoms with Crippen LogP contribution in [0.25, 0.3) is 0 Å². The number of hydrogen-bond acceptors (Lipinski definition) is 3. The molecule has 0 spiro atoms. The Balaban J connectivity index is 1.58. The van der Waals surface area contributed by atoms with Crippen molar-refractivity contribution in [1.82, 2.24) is 10.2 Å². The van der Waals surface area contributed by atoms with Crippen molar-refractivity contribution in [3.8, 4) is 0 Å². The lowest BCUT2D eigenvalue weighted by molar-refractivity contribution is 0.0694. The Bertz CT molecular complexity index is 836. The minimum atomic E-state index is -0.888. The van der Waals surface area contributed by atoms with E-state index in [1.54, 1.807) is 23.1 Å². The summed E-state index contributed by atoms with van der Waals surface area (Å²) in [5.74, 6) is -2.28. The van der Waals surface area contributed by atoms with Crippen LogP contribution in [0.4, 0.5) is 8.78 Å². The van der Waals surface area contributed by atoms with Gasteiger partial charge in [0, 0.05) is 30.1 Å². The van der Waals surface area contributed by atoms with E-state index in [2.05, 4.69) is 17.9 Å². The zero-order valence-corrected chi connectivity index (χ0v) is 14.8. The van der Waals surface area contributed by atoms with Gasteiger partial charge in [0.05, 0.1) is 11.1 Å². The molecule has 4 nitrogen and oxygen atoms in total. The number of nitrogens with zero attached hydrogens (tertiary/aromatic N) is 1. The molecule has 0 unspecified atom stereocenters. The third kappa shape index (κ3) is 4.04. The molecule has 1 fully saturated rings. The summed E-state index contributed by atoms with van der Waals surface area (Å²) < 4.78 is 26.6. The molecular weight excluding hydrogens is 358 g/mol. The zero-order valence-electron chi connectivity index (χ0n) is 13.9. The number of benzene rings is 2. The predicted molar refractivity (Wildman–Crippen MR) is 96.4 cm³/mol. The number of carbonyl (C=O) groups is 2. The Labute approximate surface area is 155 Å². The molecule has 0 aliphatic carbocycles. The number of nitrogens with one attached hydrogen (secondary N) is 1. The minimum absolute atomic E-state index is 0.0926. The smallest absolute Gasteiger partial charge is 0.254 e. The molecule has 1 heterocycles. The van der Waals surface area contributed by atoms with Crippen LogP contribution in [-0.4, -0.2) is 35.8 Å². The first-order valence-electron chi connectivity index (χ1n) is 8.29. The molecule has 2 aromatic carbocycles. The number of likely N-dealkylation sites (tertiary alicyclic amines) is 1. The molecule has 136 valence electrons. The molecule has 1 aliphatic heterocycles. The molecule has 26 heavy (non-hydrogen) atoms. The van der Waals surface area contributed by atoms with Crippen LogP contribution in [0.2, 0.25) is 0 Å². The monoisotopic (exact) mass is 376 g/mol. The molecule has 0 aromatic heterocycles.